The van der Waals surface area contributed by atoms with Crippen LogP contribution in [0.15, 0.2) is 48.5 Å². The molecule has 1 aliphatic heterocycles. The molecule has 7 nitrogen and oxygen atoms in total. The van der Waals surface area contributed by atoms with Crippen molar-refractivity contribution in [1.29, 1.82) is 0 Å². The van der Waals surface area contributed by atoms with Crippen LogP contribution in [0.5, 0.6) is 11.5 Å². The van der Waals surface area contributed by atoms with E-state index in [4.69, 9.17) is 14.2 Å². The summed E-state index contributed by atoms with van der Waals surface area (Å²) in [6, 6.07) is 15.2. The molecule has 0 radical (unpaired) electrons. The minimum Gasteiger partial charge on any atom is -0.493 e. The van der Waals surface area contributed by atoms with Crippen LogP contribution in [0.1, 0.15) is 54.4 Å². The predicted octanol–water partition coefficient (Wildman–Crippen LogP) is 4.62. The Morgan fingerprint density at radius 3 is 2.47 bits per heavy atom. The summed E-state index contributed by atoms with van der Waals surface area (Å²) in [7, 11) is 3.04. The molecule has 0 aromatic heterocycles. The van der Waals surface area contributed by atoms with Crippen LogP contribution < -0.4 is 14.8 Å². The van der Waals surface area contributed by atoms with E-state index in [0.717, 1.165) is 24.2 Å². The van der Waals surface area contributed by atoms with Gasteiger partial charge in [-0.1, -0.05) is 31.2 Å². The molecule has 2 fully saturated rings. The maximum Gasteiger partial charge on any atom is 0.409 e. The summed E-state index contributed by atoms with van der Waals surface area (Å²) in [4.78, 5) is 26.9. The highest BCUT2D eigenvalue weighted by molar-refractivity contribution is 5.94. The van der Waals surface area contributed by atoms with Crippen molar-refractivity contribution < 1.29 is 23.8 Å². The summed E-state index contributed by atoms with van der Waals surface area (Å²) >= 11 is 0. The maximum absolute atomic E-state index is 12.7. The highest BCUT2D eigenvalue weighted by Crippen LogP contribution is 2.45. The molecule has 0 spiro atoms. The largest absolute Gasteiger partial charge is 0.493 e. The quantitative estimate of drug-likeness (QED) is 0.644. The number of hydrogen-bond acceptors (Lipinski definition) is 5. The van der Waals surface area contributed by atoms with Crippen LogP contribution in [0, 0.1) is 5.41 Å². The van der Waals surface area contributed by atoms with Crippen molar-refractivity contribution in [3.05, 3.63) is 59.7 Å². The Morgan fingerprint density at radius 1 is 1.06 bits per heavy atom. The molecular weight excluding hydrogens is 432 g/mol. The fourth-order valence-corrected chi connectivity index (χ4v) is 5.17. The van der Waals surface area contributed by atoms with Gasteiger partial charge in [0, 0.05) is 36.5 Å². The second-order valence-electron chi connectivity index (χ2n) is 9.54. The zero-order valence-corrected chi connectivity index (χ0v) is 20.2. The van der Waals surface area contributed by atoms with Crippen LogP contribution in [-0.4, -0.2) is 56.9 Å². The van der Waals surface area contributed by atoms with Gasteiger partial charge in [-0.2, -0.15) is 0 Å². The molecule has 7 heteroatoms. The van der Waals surface area contributed by atoms with Crippen molar-refractivity contribution in [3.63, 3.8) is 0 Å². The molecule has 182 valence electrons. The van der Waals surface area contributed by atoms with E-state index in [2.05, 4.69) is 12.2 Å². The molecule has 4 rings (SSSR count). The molecule has 34 heavy (non-hydrogen) atoms. The third kappa shape index (κ3) is 5.13. The van der Waals surface area contributed by atoms with Crippen LogP contribution in [-0.2, 0) is 4.74 Å². The highest BCUT2D eigenvalue weighted by atomic mass is 16.5. The first-order valence-corrected chi connectivity index (χ1v) is 11.9. The number of rotatable bonds is 7. The molecule has 2 aliphatic rings. The first kappa shape index (κ1) is 23.9. The van der Waals surface area contributed by atoms with Gasteiger partial charge >= 0.3 is 6.09 Å². The maximum atomic E-state index is 12.7. The number of carbonyl (C=O) groups excluding carboxylic acids is 2. The number of carbonyl (C=O) groups is 2. The lowest BCUT2D eigenvalue weighted by atomic mass is 9.76. The average Bonchev–Trinajstić information content (AvgIpc) is 3.50. The summed E-state index contributed by atoms with van der Waals surface area (Å²) in [6.45, 7) is 3.50. The number of ether oxygens (including phenoxy) is 3. The predicted molar refractivity (Wildman–Crippen MR) is 129 cm³/mol. The zero-order chi connectivity index (χ0) is 24.1. The molecule has 1 N–H and O–H groups in total. The minimum atomic E-state index is -0.391. The van der Waals surface area contributed by atoms with Crippen LogP contribution >= 0.6 is 0 Å². The second-order valence-corrected chi connectivity index (χ2v) is 9.54. The molecule has 0 bridgehead atoms. The van der Waals surface area contributed by atoms with Crippen LogP contribution in [0.4, 0.5) is 4.79 Å². The van der Waals surface area contributed by atoms with Crippen molar-refractivity contribution in [3.8, 4) is 11.5 Å². The Morgan fingerprint density at radius 2 is 1.79 bits per heavy atom. The van der Waals surface area contributed by atoms with Crippen molar-refractivity contribution in [2.75, 3.05) is 33.9 Å². The van der Waals surface area contributed by atoms with Crippen molar-refractivity contribution in [1.82, 2.24) is 10.2 Å². The van der Waals surface area contributed by atoms with Gasteiger partial charge in [-0.05, 0) is 55.5 Å². The SMILES string of the molecule is COC(=O)N1CC(c2ccc(OC)c(OC3CCCC3)c2)C(C)(CNC(=O)c2ccccc2)C1. The van der Waals surface area contributed by atoms with Gasteiger partial charge in [-0.25, -0.2) is 4.79 Å². The van der Waals surface area contributed by atoms with E-state index in [1.165, 1.54) is 20.0 Å². The monoisotopic (exact) mass is 466 g/mol. The zero-order valence-electron chi connectivity index (χ0n) is 20.2. The Kier molecular flexibility index (Phi) is 7.29. The molecule has 1 aliphatic carbocycles. The summed E-state index contributed by atoms with van der Waals surface area (Å²) in [5.41, 5.74) is 1.27. The molecule has 2 aromatic rings. The normalized spacial score (nSPS) is 22.4. The van der Waals surface area contributed by atoms with Gasteiger partial charge < -0.3 is 24.4 Å². The molecule has 2 unspecified atom stereocenters. The fraction of sp³-hybridized carbons (Fsp3) is 0.481. The summed E-state index contributed by atoms with van der Waals surface area (Å²) in [6.07, 6.45) is 4.31. The fourth-order valence-electron chi connectivity index (χ4n) is 5.17. The summed E-state index contributed by atoms with van der Waals surface area (Å²) in [5.74, 6) is 1.30. The number of likely N-dealkylation sites (tertiary alicyclic amines) is 1. The van der Waals surface area contributed by atoms with Gasteiger partial charge in [-0.15, -0.1) is 0 Å². The van der Waals surface area contributed by atoms with E-state index in [0.29, 0.717) is 30.9 Å². The minimum absolute atomic E-state index is 0.0143. The lowest BCUT2D eigenvalue weighted by molar-refractivity contribution is 0.0930. The average molecular weight is 467 g/mol. The lowest BCUT2D eigenvalue weighted by Gasteiger charge is -2.31. The number of hydrogen-bond donors (Lipinski definition) is 1. The third-order valence-corrected chi connectivity index (χ3v) is 7.10. The third-order valence-electron chi connectivity index (χ3n) is 7.10. The standard InChI is InChI=1S/C27H34N2O5/c1-27(17-28-25(30)19-9-5-4-6-10-19)18-29(26(31)33-3)16-22(27)20-13-14-23(32-2)24(15-20)34-21-11-7-8-12-21/h4-6,9-10,13-15,21-22H,7-8,11-12,16-18H2,1-3H3,(H,28,30). The van der Waals surface area contributed by atoms with Crippen LogP contribution in [0.2, 0.25) is 0 Å². The summed E-state index contributed by atoms with van der Waals surface area (Å²) < 4.78 is 16.9. The number of nitrogens with one attached hydrogen (secondary N) is 1. The number of amides is 2. The van der Waals surface area contributed by atoms with Gasteiger partial charge in [0.1, 0.15) is 0 Å². The van der Waals surface area contributed by atoms with Gasteiger partial charge in [0.2, 0.25) is 0 Å². The molecule has 1 saturated carbocycles. The molecule has 2 aromatic carbocycles. The van der Waals surface area contributed by atoms with Gasteiger partial charge in [0.15, 0.2) is 11.5 Å². The molecule has 1 saturated heterocycles. The molecule has 1 heterocycles. The van der Waals surface area contributed by atoms with Crippen molar-refractivity contribution in [2.45, 2.75) is 44.6 Å². The Hall–Kier alpha value is -3.22. The summed E-state index contributed by atoms with van der Waals surface area (Å²) in [5, 5.41) is 3.08. The highest BCUT2D eigenvalue weighted by Gasteiger charge is 2.46. The Bertz CT molecular complexity index is 1010. The Balaban J connectivity index is 1.59. The molecule has 2 amide bonds. The lowest BCUT2D eigenvalue weighted by Crippen LogP contribution is -2.40. The van der Waals surface area contributed by atoms with Crippen molar-refractivity contribution >= 4 is 12.0 Å². The van der Waals surface area contributed by atoms with Crippen molar-refractivity contribution in [2.24, 2.45) is 5.41 Å². The van der Waals surface area contributed by atoms with E-state index in [1.54, 1.807) is 24.1 Å². The first-order valence-electron chi connectivity index (χ1n) is 11.9. The number of methoxy groups -OCH3 is 2. The van der Waals surface area contributed by atoms with Crippen LogP contribution in [0.25, 0.3) is 0 Å². The number of benzene rings is 2. The number of nitrogens with zero attached hydrogens (tertiary/aromatic N) is 1. The van der Waals surface area contributed by atoms with E-state index < -0.39 is 5.41 Å². The molecule has 2 atom stereocenters. The Labute approximate surface area is 201 Å². The van der Waals surface area contributed by atoms with E-state index in [-0.39, 0.29) is 24.0 Å². The van der Waals surface area contributed by atoms with Crippen LogP contribution in [0.3, 0.4) is 0 Å². The molecular formula is C27H34N2O5. The first-order chi connectivity index (χ1) is 16.4. The van der Waals surface area contributed by atoms with E-state index in [1.807, 2.05) is 36.4 Å². The topological polar surface area (TPSA) is 77.1 Å². The van der Waals surface area contributed by atoms with Gasteiger partial charge in [-0.3, -0.25) is 4.79 Å². The second kappa shape index (κ2) is 10.4. The smallest absolute Gasteiger partial charge is 0.409 e. The van der Waals surface area contributed by atoms with Gasteiger partial charge in [0.25, 0.3) is 5.91 Å². The van der Waals surface area contributed by atoms with Gasteiger partial charge in [0.05, 0.1) is 20.3 Å². The van der Waals surface area contributed by atoms with E-state index in [9.17, 15) is 9.59 Å². The van der Waals surface area contributed by atoms with E-state index >= 15 is 0 Å².